The van der Waals surface area contributed by atoms with Crippen molar-refractivity contribution >= 4 is 15.9 Å². The molecule has 3 heteroatoms. The molecule has 78 valence electrons. The van der Waals surface area contributed by atoms with E-state index in [9.17, 15) is 4.39 Å². The normalized spacial score (nSPS) is 10.9. The van der Waals surface area contributed by atoms with Crippen molar-refractivity contribution in [3.63, 3.8) is 0 Å². The Kier molecular flexibility index (Phi) is 4.55. The molecule has 1 rings (SSSR count). The zero-order valence-corrected chi connectivity index (χ0v) is 10.1. The van der Waals surface area contributed by atoms with Gasteiger partial charge in [0.2, 0.25) is 0 Å². The minimum atomic E-state index is -0.188. The van der Waals surface area contributed by atoms with Gasteiger partial charge in [-0.05, 0) is 40.5 Å². The molecule has 0 heterocycles. The average molecular weight is 260 g/mol. The first-order valence-electron chi connectivity index (χ1n) is 4.77. The Morgan fingerprint density at radius 2 is 2.14 bits per heavy atom. The molecule has 1 nitrogen and oxygen atoms in total. The fourth-order valence-corrected chi connectivity index (χ4v) is 1.70. The summed E-state index contributed by atoms with van der Waals surface area (Å²) >= 11 is 3.24. The molecule has 0 aliphatic carbocycles. The van der Waals surface area contributed by atoms with Crippen molar-refractivity contribution in [1.29, 1.82) is 0 Å². The first-order valence-corrected chi connectivity index (χ1v) is 5.57. The highest BCUT2D eigenvalue weighted by atomic mass is 79.9. The van der Waals surface area contributed by atoms with Gasteiger partial charge in [-0.15, -0.1) is 0 Å². The molecule has 0 aliphatic rings. The number of halogens is 2. The lowest BCUT2D eigenvalue weighted by Crippen LogP contribution is -2.25. The van der Waals surface area contributed by atoms with E-state index >= 15 is 0 Å². The number of hydrogen-bond acceptors (Lipinski definition) is 1. The van der Waals surface area contributed by atoms with Crippen molar-refractivity contribution in [3.8, 4) is 0 Å². The third-order valence-electron chi connectivity index (χ3n) is 1.98. The lowest BCUT2D eigenvalue weighted by atomic mass is 10.1. The van der Waals surface area contributed by atoms with Crippen LogP contribution in [0.4, 0.5) is 4.39 Å². The minimum Gasteiger partial charge on any atom is -0.314 e. The van der Waals surface area contributed by atoms with Gasteiger partial charge < -0.3 is 5.32 Å². The first-order chi connectivity index (χ1) is 6.61. The molecule has 1 aromatic rings. The second kappa shape index (κ2) is 5.47. The quantitative estimate of drug-likeness (QED) is 0.877. The largest absolute Gasteiger partial charge is 0.314 e. The SMILES string of the molecule is CC(C)NCCc1cccc(F)c1Br. The van der Waals surface area contributed by atoms with E-state index in [-0.39, 0.29) is 5.82 Å². The Balaban J connectivity index is 2.54. The molecule has 1 aromatic carbocycles. The molecule has 0 fully saturated rings. The lowest BCUT2D eigenvalue weighted by Gasteiger charge is -2.09. The number of nitrogens with one attached hydrogen (secondary N) is 1. The minimum absolute atomic E-state index is 0.188. The van der Waals surface area contributed by atoms with Crippen molar-refractivity contribution in [2.24, 2.45) is 0 Å². The predicted octanol–water partition coefficient (Wildman–Crippen LogP) is 3.13. The summed E-state index contributed by atoms with van der Waals surface area (Å²) in [5.41, 5.74) is 1.01. The van der Waals surface area contributed by atoms with Gasteiger partial charge in [-0.25, -0.2) is 4.39 Å². The van der Waals surface area contributed by atoms with Gasteiger partial charge in [0.1, 0.15) is 5.82 Å². The summed E-state index contributed by atoms with van der Waals surface area (Å²) in [5, 5.41) is 3.30. The number of rotatable bonds is 4. The van der Waals surface area contributed by atoms with Crippen LogP contribution in [0.15, 0.2) is 22.7 Å². The Hall–Kier alpha value is -0.410. The highest BCUT2D eigenvalue weighted by Gasteiger charge is 2.04. The highest BCUT2D eigenvalue weighted by Crippen LogP contribution is 2.20. The summed E-state index contributed by atoms with van der Waals surface area (Å²) in [4.78, 5) is 0. The molecule has 0 aliphatic heterocycles. The Labute approximate surface area is 92.8 Å². The summed E-state index contributed by atoms with van der Waals surface area (Å²) < 4.78 is 13.7. The van der Waals surface area contributed by atoms with Gasteiger partial charge in [-0.3, -0.25) is 0 Å². The van der Waals surface area contributed by atoms with Crippen molar-refractivity contribution in [2.45, 2.75) is 26.3 Å². The summed E-state index contributed by atoms with van der Waals surface area (Å²) in [7, 11) is 0. The molecular weight excluding hydrogens is 245 g/mol. The van der Waals surface area contributed by atoms with Crippen LogP contribution in [0.2, 0.25) is 0 Å². The van der Waals surface area contributed by atoms with E-state index in [1.165, 1.54) is 6.07 Å². The molecule has 0 saturated carbocycles. The lowest BCUT2D eigenvalue weighted by molar-refractivity contribution is 0.585. The fourth-order valence-electron chi connectivity index (χ4n) is 1.24. The van der Waals surface area contributed by atoms with E-state index < -0.39 is 0 Å². The number of benzene rings is 1. The number of hydrogen-bond donors (Lipinski definition) is 1. The van der Waals surface area contributed by atoms with Crippen molar-refractivity contribution in [1.82, 2.24) is 5.32 Å². The second-order valence-electron chi connectivity index (χ2n) is 3.57. The van der Waals surface area contributed by atoms with E-state index in [1.807, 2.05) is 6.07 Å². The van der Waals surface area contributed by atoms with E-state index in [0.717, 1.165) is 18.5 Å². The van der Waals surface area contributed by atoms with Crippen LogP contribution in [0.25, 0.3) is 0 Å². The topological polar surface area (TPSA) is 12.0 Å². The molecule has 1 N–H and O–H groups in total. The Bertz CT molecular complexity index is 299. The van der Waals surface area contributed by atoms with Crippen LogP contribution in [-0.2, 0) is 6.42 Å². The molecule has 14 heavy (non-hydrogen) atoms. The molecule has 0 aromatic heterocycles. The van der Waals surface area contributed by atoms with E-state index in [1.54, 1.807) is 6.07 Å². The summed E-state index contributed by atoms with van der Waals surface area (Å²) in [6, 6.07) is 5.62. The van der Waals surface area contributed by atoms with Crippen molar-refractivity contribution in [3.05, 3.63) is 34.1 Å². The van der Waals surface area contributed by atoms with Crippen LogP contribution in [0.5, 0.6) is 0 Å². The Morgan fingerprint density at radius 3 is 2.79 bits per heavy atom. The molecule has 0 amide bonds. The summed E-state index contributed by atoms with van der Waals surface area (Å²) in [6.07, 6.45) is 0.844. The van der Waals surface area contributed by atoms with Crippen LogP contribution in [-0.4, -0.2) is 12.6 Å². The molecule has 0 atom stereocenters. The van der Waals surface area contributed by atoms with Crippen LogP contribution in [0, 0.1) is 5.82 Å². The zero-order valence-electron chi connectivity index (χ0n) is 8.48. The standard InChI is InChI=1S/C11H15BrFN/c1-8(2)14-7-6-9-4-3-5-10(13)11(9)12/h3-5,8,14H,6-7H2,1-2H3. The van der Waals surface area contributed by atoms with Crippen molar-refractivity contribution in [2.75, 3.05) is 6.54 Å². The molecule has 0 radical (unpaired) electrons. The van der Waals surface area contributed by atoms with Crippen LogP contribution in [0.1, 0.15) is 19.4 Å². The first kappa shape index (κ1) is 11.7. The molecule has 0 unspecified atom stereocenters. The molecule has 0 saturated heterocycles. The molecule has 0 spiro atoms. The third kappa shape index (κ3) is 3.39. The maximum Gasteiger partial charge on any atom is 0.137 e. The maximum atomic E-state index is 13.1. The smallest absolute Gasteiger partial charge is 0.137 e. The van der Waals surface area contributed by atoms with Gasteiger partial charge in [-0.1, -0.05) is 26.0 Å². The van der Waals surface area contributed by atoms with Crippen LogP contribution in [0.3, 0.4) is 0 Å². The van der Waals surface area contributed by atoms with Gasteiger partial charge >= 0.3 is 0 Å². The summed E-state index contributed by atoms with van der Waals surface area (Å²) in [5.74, 6) is -0.188. The second-order valence-corrected chi connectivity index (χ2v) is 4.36. The molecular formula is C11H15BrFN. The van der Waals surface area contributed by atoms with Gasteiger partial charge in [0.05, 0.1) is 4.47 Å². The van der Waals surface area contributed by atoms with Gasteiger partial charge in [0.15, 0.2) is 0 Å². The van der Waals surface area contributed by atoms with E-state index in [0.29, 0.717) is 10.5 Å². The highest BCUT2D eigenvalue weighted by molar-refractivity contribution is 9.10. The average Bonchev–Trinajstić information content (AvgIpc) is 2.12. The van der Waals surface area contributed by atoms with Gasteiger partial charge in [0.25, 0.3) is 0 Å². The van der Waals surface area contributed by atoms with Crippen LogP contribution < -0.4 is 5.32 Å². The zero-order chi connectivity index (χ0) is 10.6. The van der Waals surface area contributed by atoms with E-state index in [2.05, 4.69) is 35.1 Å². The predicted molar refractivity (Wildman–Crippen MR) is 60.9 cm³/mol. The third-order valence-corrected chi connectivity index (χ3v) is 2.87. The summed E-state index contributed by atoms with van der Waals surface area (Å²) in [6.45, 7) is 5.07. The monoisotopic (exact) mass is 259 g/mol. The van der Waals surface area contributed by atoms with Gasteiger partial charge in [0, 0.05) is 6.04 Å². The Morgan fingerprint density at radius 1 is 1.43 bits per heavy atom. The van der Waals surface area contributed by atoms with Gasteiger partial charge in [-0.2, -0.15) is 0 Å². The van der Waals surface area contributed by atoms with Crippen LogP contribution >= 0.6 is 15.9 Å². The maximum absolute atomic E-state index is 13.1. The molecule has 0 bridgehead atoms. The fraction of sp³-hybridized carbons (Fsp3) is 0.455. The van der Waals surface area contributed by atoms with Crippen molar-refractivity contribution < 1.29 is 4.39 Å². The van der Waals surface area contributed by atoms with E-state index in [4.69, 9.17) is 0 Å².